The topological polar surface area (TPSA) is 20.3 Å². The van der Waals surface area contributed by atoms with Gasteiger partial charge in [0.25, 0.3) is 0 Å². The smallest absolute Gasteiger partial charge is 0.233 e. The van der Waals surface area contributed by atoms with Gasteiger partial charge in [-0.05, 0) is 33.8 Å². The fourth-order valence-corrected chi connectivity index (χ4v) is 4.41. The molecule has 2 heterocycles. The average Bonchev–Trinajstić information content (AvgIpc) is 2.50. The molecule has 0 aromatic rings. The van der Waals surface area contributed by atoms with E-state index in [0.29, 0.717) is 5.54 Å². The Balaban J connectivity index is 2.14. The summed E-state index contributed by atoms with van der Waals surface area (Å²) < 4.78 is 1.06. The van der Waals surface area contributed by atoms with Gasteiger partial charge in [-0.1, -0.05) is 25.5 Å². The fraction of sp³-hybridized carbons (Fsp3) is 0.737. The summed E-state index contributed by atoms with van der Waals surface area (Å²) in [6.45, 7) is 16.3. The Morgan fingerprint density at radius 2 is 1.95 bits per heavy atom. The van der Waals surface area contributed by atoms with Gasteiger partial charge in [-0.15, -0.1) is 0 Å². The summed E-state index contributed by atoms with van der Waals surface area (Å²) in [6.07, 6.45) is 5.48. The van der Waals surface area contributed by atoms with Crippen molar-refractivity contribution in [2.75, 3.05) is 26.7 Å². The molecule has 0 aliphatic carbocycles. The third kappa shape index (κ3) is 3.15. The number of hydrogen-bond acceptors (Lipinski definition) is 1. The van der Waals surface area contributed by atoms with Crippen LogP contribution >= 0.6 is 0 Å². The van der Waals surface area contributed by atoms with Gasteiger partial charge in [-0.3, -0.25) is 4.79 Å². The lowest BCUT2D eigenvalue weighted by atomic mass is 9.96. The lowest BCUT2D eigenvalue weighted by Gasteiger charge is -2.43. The van der Waals surface area contributed by atoms with Crippen LogP contribution < -0.4 is 0 Å². The molecular weight excluding hydrogens is 272 g/mol. The lowest BCUT2D eigenvalue weighted by Crippen LogP contribution is -2.57. The number of quaternary nitrogens is 1. The number of likely N-dealkylation sites (tertiary alicyclic amines) is 1. The van der Waals surface area contributed by atoms with E-state index in [1.165, 1.54) is 18.5 Å². The van der Waals surface area contributed by atoms with Crippen LogP contribution in [0.5, 0.6) is 0 Å². The zero-order valence-electron chi connectivity index (χ0n) is 15.4. The number of rotatable bonds is 3. The second-order valence-electron chi connectivity index (χ2n) is 8.40. The van der Waals surface area contributed by atoms with Gasteiger partial charge < -0.3 is 9.38 Å². The van der Waals surface area contributed by atoms with Crippen LogP contribution in [0.4, 0.5) is 0 Å². The van der Waals surface area contributed by atoms with Crippen LogP contribution in [0.15, 0.2) is 23.4 Å². The van der Waals surface area contributed by atoms with E-state index in [1.54, 1.807) is 0 Å². The monoisotopic (exact) mass is 305 g/mol. The molecule has 0 aromatic carbocycles. The third-order valence-corrected chi connectivity index (χ3v) is 5.87. The van der Waals surface area contributed by atoms with E-state index in [1.807, 2.05) is 11.8 Å². The van der Waals surface area contributed by atoms with Crippen LogP contribution in [-0.4, -0.2) is 47.5 Å². The van der Waals surface area contributed by atoms with Gasteiger partial charge >= 0.3 is 0 Å². The summed E-state index contributed by atoms with van der Waals surface area (Å²) in [7, 11) is 2.36. The molecule has 1 saturated heterocycles. The number of carbonyl (C=O) groups excluding carboxylic acids is 1. The quantitative estimate of drug-likeness (QED) is 0.730. The van der Waals surface area contributed by atoms with Crippen molar-refractivity contribution in [2.24, 2.45) is 11.8 Å². The molecule has 0 N–H and O–H groups in total. The molecule has 1 amide bonds. The van der Waals surface area contributed by atoms with Gasteiger partial charge in [0, 0.05) is 18.0 Å². The molecule has 0 aromatic heterocycles. The first-order chi connectivity index (χ1) is 10.1. The van der Waals surface area contributed by atoms with Crippen LogP contribution in [0.25, 0.3) is 0 Å². The van der Waals surface area contributed by atoms with E-state index >= 15 is 0 Å². The predicted molar refractivity (Wildman–Crippen MR) is 92.2 cm³/mol. The number of likely N-dealkylation sites (N-methyl/N-ethyl adjacent to an activating group) is 1. The van der Waals surface area contributed by atoms with Crippen molar-refractivity contribution in [3.05, 3.63) is 23.4 Å². The molecule has 2 aliphatic heterocycles. The van der Waals surface area contributed by atoms with Gasteiger partial charge in [0.2, 0.25) is 5.91 Å². The number of allylic oxidation sites excluding steroid dienone is 3. The molecule has 1 fully saturated rings. The lowest BCUT2D eigenvalue weighted by molar-refractivity contribution is -0.942. The minimum absolute atomic E-state index is 0.0236. The van der Waals surface area contributed by atoms with Crippen LogP contribution in [0.1, 0.15) is 48.0 Å². The Bertz CT molecular complexity index is 518. The second-order valence-corrected chi connectivity index (χ2v) is 8.40. The molecule has 3 atom stereocenters. The Kier molecular flexibility index (Phi) is 4.59. The van der Waals surface area contributed by atoms with Gasteiger partial charge in [0.1, 0.15) is 0 Å². The van der Waals surface area contributed by atoms with Crippen molar-refractivity contribution < 1.29 is 9.28 Å². The van der Waals surface area contributed by atoms with Gasteiger partial charge in [-0.2, -0.15) is 0 Å². The molecule has 2 rings (SSSR count). The van der Waals surface area contributed by atoms with Crippen molar-refractivity contribution in [3.8, 4) is 0 Å². The minimum atomic E-state index is -0.0236. The average molecular weight is 305 g/mol. The number of hydrogen-bond donors (Lipinski definition) is 0. The van der Waals surface area contributed by atoms with E-state index in [-0.39, 0.29) is 11.8 Å². The molecular formula is C19H33N2O+. The molecule has 0 radical (unpaired) electrons. The molecule has 3 nitrogen and oxygen atoms in total. The normalized spacial score (nSPS) is 35.2. The molecule has 3 heteroatoms. The predicted octanol–water partition coefficient (Wildman–Crippen LogP) is 3.58. The van der Waals surface area contributed by atoms with Crippen molar-refractivity contribution in [3.63, 3.8) is 0 Å². The molecule has 0 spiro atoms. The standard InChI is InChI=1S/C19H33N2O/c1-14-10-16(3)18(22)20(17(4)11-14)8-9-21(7)13-15(2)12-19(21,5)6/h10-11,15-16H,8-9,12-13H2,1-7H3/q+1/t15-,16-,21-/m0/s1. The van der Waals surface area contributed by atoms with Gasteiger partial charge in [0.05, 0.1) is 38.1 Å². The Hall–Kier alpha value is -1.09. The SMILES string of the molecule is CC1=C[C@H](C)C(=O)N(CC[N@@+]2(C)C[C@@H](C)CC2(C)C)C(C)=C1. The Labute approximate surface area is 136 Å². The van der Waals surface area contributed by atoms with Gasteiger partial charge in [-0.25, -0.2) is 0 Å². The number of nitrogens with zero attached hydrogens (tertiary/aromatic N) is 2. The van der Waals surface area contributed by atoms with Crippen molar-refractivity contribution >= 4 is 5.91 Å². The molecule has 124 valence electrons. The van der Waals surface area contributed by atoms with E-state index in [0.717, 1.165) is 29.2 Å². The summed E-state index contributed by atoms with van der Waals surface area (Å²) in [5, 5.41) is 0. The first-order valence-electron chi connectivity index (χ1n) is 8.58. The molecule has 2 aliphatic rings. The zero-order valence-corrected chi connectivity index (χ0v) is 15.4. The van der Waals surface area contributed by atoms with Crippen LogP contribution in [0.3, 0.4) is 0 Å². The van der Waals surface area contributed by atoms with Gasteiger partial charge in [0.15, 0.2) is 0 Å². The first kappa shape index (κ1) is 17.3. The summed E-state index contributed by atoms with van der Waals surface area (Å²) in [5.41, 5.74) is 2.57. The second kappa shape index (κ2) is 5.84. The van der Waals surface area contributed by atoms with Crippen molar-refractivity contribution in [1.29, 1.82) is 0 Å². The van der Waals surface area contributed by atoms with E-state index < -0.39 is 0 Å². The van der Waals surface area contributed by atoms with Crippen molar-refractivity contribution in [1.82, 2.24) is 4.90 Å². The highest BCUT2D eigenvalue weighted by Gasteiger charge is 2.48. The largest absolute Gasteiger partial charge is 0.320 e. The van der Waals surface area contributed by atoms with Crippen LogP contribution in [0.2, 0.25) is 0 Å². The number of amides is 1. The molecule has 0 bridgehead atoms. The molecule has 0 unspecified atom stereocenters. The van der Waals surface area contributed by atoms with E-state index in [4.69, 9.17) is 0 Å². The first-order valence-corrected chi connectivity index (χ1v) is 8.58. The molecule has 22 heavy (non-hydrogen) atoms. The summed E-state index contributed by atoms with van der Waals surface area (Å²) >= 11 is 0. The highest BCUT2D eigenvalue weighted by Crippen LogP contribution is 2.38. The minimum Gasteiger partial charge on any atom is -0.320 e. The maximum Gasteiger partial charge on any atom is 0.233 e. The van der Waals surface area contributed by atoms with E-state index in [2.05, 4.69) is 53.8 Å². The van der Waals surface area contributed by atoms with Crippen molar-refractivity contribution in [2.45, 2.75) is 53.5 Å². The summed E-state index contributed by atoms with van der Waals surface area (Å²) in [4.78, 5) is 14.7. The highest BCUT2D eigenvalue weighted by molar-refractivity contribution is 5.82. The Morgan fingerprint density at radius 1 is 1.32 bits per heavy atom. The summed E-state index contributed by atoms with van der Waals surface area (Å²) in [6, 6.07) is 0. The highest BCUT2D eigenvalue weighted by atomic mass is 16.2. The van der Waals surface area contributed by atoms with Crippen LogP contribution in [-0.2, 0) is 4.79 Å². The third-order valence-electron chi connectivity index (χ3n) is 5.87. The fourth-order valence-electron chi connectivity index (χ4n) is 4.41. The van der Waals surface area contributed by atoms with E-state index in [9.17, 15) is 4.79 Å². The van der Waals surface area contributed by atoms with Crippen LogP contribution in [0, 0.1) is 11.8 Å². The Morgan fingerprint density at radius 3 is 2.50 bits per heavy atom. The number of carbonyl (C=O) groups is 1. The zero-order chi connectivity index (χ0) is 16.7. The maximum absolute atomic E-state index is 12.7. The molecule has 0 saturated carbocycles. The maximum atomic E-state index is 12.7. The summed E-state index contributed by atoms with van der Waals surface area (Å²) in [5.74, 6) is 0.978.